The van der Waals surface area contributed by atoms with Crippen molar-refractivity contribution in [3.05, 3.63) is 35.2 Å². The molecule has 26 heavy (non-hydrogen) atoms. The molecule has 138 valence electrons. The van der Waals surface area contributed by atoms with Crippen LogP contribution < -0.4 is 0 Å². The zero-order valence-corrected chi connectivity index (χ0v) is 16.8. The Bertz CT molecular complexity index is 759. The third kappa shape index (κ3) is 4.32. The SMILES string of the molecule is CN1CCCS/C1=N/C(=C(/C#N)C=O)c1ccc(C(C)(C)N(C)C)nc1. The highest BCUT2D eigenvalue weighted by Gasteiger charge is 2.25. The number of aliphatic imine (C=N–C) groups is 1. The Morgan fingerprint density at radius 3 is 2.69 bits per heavy atom. The molecule has 0 atom stereocenters. The van der Waals surface area contributed by atoms with Gasteiger partial charge in [0.25, 0.3) is 0 Å². The number of rotatable bonds is 5. The molecule has 0 aliphatic carbocycles. The van der Waals surface area contributed by atoms with Crippen LogP contribution in [0.5, 0.6) is 0 Å². The third-order valence-corrected chi connectivity index (χ3v) is 5.83. The summed E-state index contributed by atoms with van der Waals surface area (Å²) in [7, 11) is 5.98. The van der Waals surface area contributed by atoms with Crippen molar-refractivity contribution in [3.63, 3.8) is 0 Å². The van der Waals surface area contributed by atoms with Crippen molar-refractivity contribution in [3.8, 4) is 6.07 Å². The number of aromatic nitrogens is 1. The Hall–Kier alpha value is -2.17. The van der Waals surface area contributed by atoms with Gasteiger partial charge in [-0.25, -0.2) is 4.99 Å². The first-order valence-electron chi connectivity index (χ1n) is 8.47. The normalized spacial score (nSPS) is 17.9. The number of pyridine rings is 1. The summed E-state index contributed by atoms with van der Waals surface area (Å²) >= 11 is 1.63. The monoisotopic (exact) mass is 371 g/mol. The van der Waals surface area contributed by atoms with E-state index in [1.807, 2.05) is 44.2 Å². The maximum atomic E-state index is 11.4. The molecule has 6 nitrogen and oxygen atoms in total. The first-order chi connectivity index (χ1) is 12.3. The molecule has 1 saturated heterocycles. The number of thioether (sulfide) groups is 1. The van der Waals surface area contributed by atoms with Gasteiger partial charge in [0.2, 0.25) is 0 Å². The number of carbonyl (C=O) groups is 1. The second kappa shape index (κ2) is 8.47. The summed E-state index contributed by atoms with van der Waals surface area (Å²) in [6.45, 7) is 5.09. The predicted octanol–water partition coefficient (Wildman–Crippen LogP) is 2.74. The Morgan fingerprint density at radius 1 is 1.46 bits per heavy atom. The number of hydrogen-bond acceptors (Lipinski definition) is 6. The van der Waals surface area contributed by atoms with Crippen LogP contribution in [0.15, 0.2) is 28.9 Å². The fourth-order valence-electron chi connectivity index (χ4n) is 2.42. The van der Waals surface area contributed by atoms with Crippen molar-refractivity contribution >= 4 is 28.9 Å². The molecule has 2 heterocycles. The Morgan fingerprint density at radius 2 is 2.19 bits per heavy atom. The van der Waals surface area contributed by atoms with Crippen LogP contribution >= 0.6 is 11.8 Å². The van der Waals surface area contributed by atoms with Crippen molar-refractivity contribution in [2.45, 2.75) is 25.8 Å². The maximum absolute atomic E-state index is 11.4. The summed E-state index contributed by atoms with van der Waals surface area (Å²) in [6.07, 6.45) is 3.34. The highest BCUT2D eigenvalue weighted by molar-refractivity contribution is 8.13. The van der Waals surface area contributed by atoms with Crippen molar-refractivity contribution in [1.82, 2.24) is 14.8 Å². The molecule has 0 aromatic carbocycles. The molecule has 0 radical (unpaired) electrons. The second-order valence-corrected chi connectivity index (χ2v) is 7.96. The highest BCUT2D eigenvalue weighted by Crippen LogP contribution is 2.27. The van der Waals surface area contributed by atoms with Crippen LogP contribution in [0.2, 0.25) is 0 Å². The Kier molecular flexibility index (Phi) is 6.57. The lowest BCUT2D eigenvalue weighted by molar-refractivity contribution is -0.104. The number of amidine groups is 1. The predicted molar refractivity (Wildman–Crippen MR) is 107 cm³/mol. The summed E-state index contributed by atoms with van der Waals surface area (Å²) in [5.74, 6) is 0.980. The van der Waals surface area contributed by atoms with Crippen molar-refractivity contribution in [1.29, 1.82) is 5.26 Å². The van der Waals surface area contributed by atoms with Gasteiger partial charge in [-0.1, -0.05) is 11.8 Å². The van der Waals surface area contributed by atoms with Gasteiger partial charge >= 0.3 is 0 Å². The molecular weight excluding hydrogens is 346 g/mol. The van der Waals surface area contributed by atoms with E-state index >= 15 is 0 Å². The van der Waals surface area contributed by atoms with Crippen LogP contribution in [0.4, 0.5) is 0 Å². The molecule has 7 heteroatoms. The van der Waals surface area contributed by atoms with E-state index in [1.54, 1.807) is 18.0 Å². The van der Waals surface area contributed by atoms with E-state index in [4.69, 9.17) is 0 Å². The van der Waals surface area contributed by atoms with Crippen LogP contribution in [-0.2, 0) is 10.3 Å². The lowest BCUT2D eigenvalue weighted by Crippen LogP contribution is -2.36. The molecule has 1 aliphatic rings. The average molecular weight is 372 g/mol. The van der Waals surface area contributed by atoms with Crippen molar-refractivity contribution in [2.75, 3.05) is 33.4 Å². The third-order valence-electron chi connectivity index (χ3n) is 4.68. The van der Waals surface area contributed by atoms with E-state index in [-0.39, 0.29) is 11.1 Å². The fourth-order valence-corrected chi connectivity index (χ4v) is 3.35. The number of carbonyl (C=O) groups excluding carboxylic acids is 1. The molecule has 1 fully saturated rings. The van der Waals surface area contributed by atoms with Gasteiger partial charge in [0.05, 0.1) is 16.9 Å². The summed E-state index contributed by atoms with van der Waals surface area (Å²) in [6, 6.07) is 5.76. The molecule has 2 rings (SSSR count). The number of aldehydes is 1. The summed E-state index contributed by atoms with van der Waals surface area (Å²) in [4.78, 5) is 24.7. The van der Waals surface area contributed by atoms with Crippen LogP contribution in [0.25, 0.3) is 5.70 Å². The quantitative estimate of drug-likeness (QED) is 0.450. The van der Waals surface area contributed by atoms with Crippen molar-refractivity contribution in [2.24, 2.45) is 4.99 Å². The molecule has 0 unspecified atom stereocenters. The van der Waals surface area contributed by atoms with E-state index in [1.165, 1.54) is 0 Å². The first kappa shape index (κ1) is 20.1. The molecule has 1 aromatic heterocycles. The lowest BCUT2D eigenvalue weighted by atomic mass is 9.97. The van der Waals surface area contributed by atoms with E-state index < -0.39 is 0 Å². The van der Waals surface area contributed by atoms with Gasteiger partial charge in [0.15, 0.2) is 11.5 Å². The number of nitrogens with zero attached hydrogens (tertiary/aromatic N) is 5. The Balaban J connectivity index is 2.48. The summed E-state index contributed by atoms with van der Waals surface area (Å²) in [5, 5.41) is 10.2. The maximum Gasteiger partial charge on any atom is 0.164 e. The van der Waals surface area contributed by atoms with Gasteiger partial charge in [-0.05, 0) is 46.5 Å². The molecule has 1 aromatic rings. The highest BCUT2D eigenvalue weighted by atomic mass is 32.2. The van der Waals surface area contributed by atoms with E-state index in [0.29, 0.717) is 17.5 Å². The average Bonchev–Trinajstić information content (AvgIpc) is 2.63. The number of hydrogen-bond donors (Lipinski definition) is 0. The molecule has 0 saturated carbocycles. The standard InChI is InChI=1S/C19H25N5OS/c1-19(2,23(3)4)16-8-7-14(12-21-16)17(15(11-20)13-25)22-18-24(5)9-6-10-26-18/h7-8,12-13H,6,9-10H2,1-5H3/b17-15-,22-18+. The number of allylic oxidation sites excluding steroid dienone is 1. The molecule has 0 spiro atoms. The largest absolute Gasteiger partial charge is 0.354 e. The van der Waals surface area contributed by atoms with Crippen LogP contribution in [-0.4, -0.2) is 59.7 Å². The van der Waals surface area contributed by atoms with Gasteiger partial charge in [0.1, 0.15) is 11.6 Å². The second-order valence-electron chi connectivity index (χ2n) is 6.90. The molecule has 0 amide bonds. The Labute approximate surface area is 159 Å². The van der Waals surface area contributed by atoms with Crippen LogP contribution in [0.1, 0.15) is 31.5 Å². The zero-order chi connectivity index (χ0) is 19.3. The molecular formula is C19H25N5OS. The fraction of sp³-hybridized carbons (Fsp3) is 0.474. The molecule has 1 aliphatic heterocycles. The zero-order valence-electron chi connectivity index (χ0n) is 16.0. The van der Waals surface area contributed by atoms with Crippen LogP contribution in [0, 0.1) is 11.3 Å². The van der Waals surface area contributed by atoms with E-state index in [2.05, 4.69) is 28.7 Å². The molecule has 0 N–H and O–H groups in total. The van der Waals surface area contributed by atoms with E-state index in [0.717, 1.165) is 29.6 Å². The lowest BCUT2D eigenvalue weighted by Gasteiger charge is -2.32. The van der Waals surface area contributed by atoms with E-state index in [9.17, 15) is 10.1 Å². The molecule has 0 bridgehead atoms. The summed E-state index contributed by atoms with van der Waals surface area (Å²) < 4.78 is 0. The minimum Gasteiger partial charge on any atom is -0.354 e. The van der Waals surface area contributed by atoms with Gasteiger partial charge in [-0.15, -0.1) is 0 Å². The summed E-state index contributed by atoms with van der Waals surface area (Å²) in [5.41, 5.74) is 1.74. The van der Waals surface area contributed by atoms with Gasteiger partial charge in [-0.3, -0.25) is 14.7 Å². The van der Waals surface area contributed by atoms with Gasteiger partial charge in [-0.2, -0.15) is 5.26 Å². The van der Waals surface area contributed by atoms with Gasteiger partial charge < -0.3 is 4.90 Å². The van der Waals surface area contributed by atoms with Gasteiger partial charge in [0, 0.05) is 31.1 Å². The number of nitriles is 1. The van der Waals surface area contributed by atoms with Crippen LogP contribution in [0.3, 0.4) is 0 Å². The first-order valence-corrected chi connectivity index (χ1v) is 9.46. The smallest absolute Gasteiger partial charge is 0.164 e. The minimum atomic E-state index is -0.226. The minimum absolute atomic E-state index is 0.0125. The van der Waals surface area contributed by atoms with Crippen molar-refractivity contribution < 1.29 is 4.79 Å². The topological polar surface area (TPSA) is 72.6 Å².